The molecule has 3 nitrogen and oxygen atoms in total. The van der Waals surface area contributed by atoms with Crippen molar-refractivity contribution in [2.75, 3.05) is 13.7 Å². The highest BCUT2D eigenvalue weighted by atomic mass is 16.4. The third-order valence-corrected chi connectivity index (χ3v) is 2.26. The molecule has 0 aliphatic carbocycles. The first-order valence-corrected chi connectivity index (χ1v) is 4.27. The summed E-state index contributed by atoms with van der Waals surface area (Å²) >= 11 is 0. The number of ether oxygens (including phenoxy) is 1. The number of amides is 1. The van der Waals surface area contributed by atoms with Crippen LogP contribution in [-0.4, -0.2) is 19.6 Å². The first kappa shape index (κ1) is 8.10. The summed E-state index contributed by atoms with van der Waals surface area (Å²) in [4.78, 5) is 11.4. The van der Waals surface area contributed by atoms with Crippen molar-refractivity contribution >= 4 is 5.91 Å². The lowest BCUT2D eigenvalue weighted by Gasteiger charge is -2.18. The maximum atomic E-state index is 11.4. The van der Waals surface area contributed by atoms with E-state index in [9.17, 15) is 4.79 Å². The SMILES string of the molecule is [11CH3]Oc1cccc2c1CCNC2=O. The molecule has 0 fully saturated rings. The predicted molar refractivity (Wildman–Crippen MR) is 49.0 cm³/mol. The normalized spacial score (nSPS) is 14.7. The fourth-order valence-corrected chi connectivity index (χ4v) is 1.62. The number of carbonyl (C=O) groups excluding carboxylic acids is 1. The van der Waals surface area contributed by atoms with Crippen LogP contribution in [0.25, 0.3) is 0 Å². The average Bonchev–Trinajstić information content (AvgIpc) is 2.18. The van der Waals surface area contributed by atoms with Crippen LogP contribution in [0.3, 0.4) is 0 Å². The van der Waals surface area contributed by atoms with Gasteiger partial charge in [0.1, 0.15) is 5.75 Å². The molecule has 1 aromatic rings. The van der Waals surface area contributed by atoms with Crippen LogP contribution in [-0.2, 0) is 6.42 Å². The number of fused-ring (bicyclic) bond motifs is 1. The second-order valence-electron chi connectivity index (χ2n) is 2.99. The second-order valence-corrected chi connectivity index (χ2v) is 2.99. The Labute approximate surface area is 76.7 Å². The summed E-state index contributed by atoms with van der Waals surface area (Å²) < 4.78 is 5.18. The van der Waals surface area contributed by atoms with Gasteiger partial charge in [-0.25, -0.2) is 0 Å². The Morgan fingerprint density at radius 1 is 1.46 bits per heavy atom. The number of carbonyl (C=O) groups is 1. The van der Waals surface area contributed by atoms with Crippen LogP contribution in [0.15, 0.2) is 18.2 Å². The molecule has 0 spiro atoms. The molecular weight excluding hydrogens is 165 g/mol. The van der Waals surface area contributed by atoms with Gasteiger partial charge in [0.2, 0.25) is 0 Å². The van der Waals surface area contributed by atoms with Crippen LogP contribution in [0.1, 0.15) is 15.9 Å². The molecule has 3 heteroatoms. The minimum atomic E-state index is 0.000139. The van der Waals surface area contributed by atoms with Gasteiger partial charge in [-0.05, 0) is 18.6 Å². The molecule has 0 atom stereocenters. The van der Waals surface area contributed by atoms with Crippen molar-refractivity contribution in [3.8, 4) is 5.75 Å². The van der Waals surface area contributed by atoms with Crippen molar-refractivity contribution in [2.45, 2.75) is 6.42 Å². The maximum Gasteiger partial charge on any atom is 0.251 e. The van der Waals surface area contributed by atoms with E-state index in [1.54, 1.807) is 7.11 Å². The van der Waals surface area contributed by atoms with Gasteiger partial charge in [0.05, 0.1) is 7.11 Å². The lowest BCUT2D eigenvalue weighted by Crippen LogP contribution is -2.31. The van der Waals surface area contributed by atoms with E-state index in [2.05, 4.69) is 5.32 Å². The van der Waals surface area contributed by atoms with Crippen molar-refractivity contribution in [2.24, 2.45) is 0 Å². The lowest BCUT2D eigenvalue weighted by molar-refractivity contribution is 0.0945. The number of methoxy groups -OCH3 is 1. The Bertz CT molecular complexity index is 347. The lowest BCUT2D eigenvalue weighted by atomic mass is 9.99. The van der Waals surface area contributed by atoms with Crippen LogP contribution < -0.4 is 10.1 Å². The van der Waals surface area contributed by atoms with E-state index in [0.717, 1.165) is 23.3 Å². The minimum absolute atomic E-state index is 0.000139. The molecule has 0 aromatic heterocycles. The van der Waals surface area contributed by atoms with Gasteiger partial charge in [0, 0.05) is 17.7 Å². The molecule has 0 bridgehead atoms. The molecule has 1 amide bonds. The van der Waals surface area contributed by atoms with Crippen molar-refractivity contribution in [3.05, 3.63) is 29.3 Å². The van der Waals surface area contributed by atoms with E-state index < -0.39 is 0 Å². The average molecular weight is 176 g/mol. The van der Waals surface area contributed by atoms with Crippen molar-refractivity contribution in [1.82, 2.24) is 5.32 Å². The molecule has 1 aromatic carbocycles. The van der Waals surface area contributed by atoms with Gasteiger partial charge >= 0.3 is 0 Å². The van der Waals surface area contributed by atoms with Gasteiger partial charge in [-0.2, -0.15) is 0 Å². The molecule has 68 valence electrons. The zero-order valence-corrected chi connectivity index (χ0v) is 7.46. The Morgan fingerprint density at radius 2 is 2.31 bits per heavy atom. The first-order chi connectivity index (χ1) is 6.33. The van der Waals surface area contributed by atoms with Crippen LogP contribution >= 0.6 is 0 Å². The highest BCUT2D eigenvalue weighted by molar-refractivity contribution is 5.97. The van der Waals surface area contributed by atoms with Crippen LogP contribution in [0.5, 0.6) is 5.75 Å². The molecule has 0 unspecified atom stereocenters. The van der Waals surface area contributed by atoms with Crippen LogP contribution in [0.4, 0.5) is 0 Å². The number of nitrogens with one attached hydrogen (secondary N) is 1. The Morgan fingerprint density at radius 3 is 3.08 bits per heavy atom. The van der Waals surface area contributed by atoms with E-state index in [1.807, 2.05) is 18.2 Å². The van der Waals surface area contributed by atoms with Gasteiger partial charge in [0.15, 0.2) is 0 Å². The van der Waals surface area contributed by atoms with E-state index in [1.165, 1.54) is 0 Å². The molecule has 1 N–H and O–H groups in total. The Kier molecular flexibility index (Phi) is 1.93. The van der Waals surface area contributed by atoms with E-state index in [0.29, 0.717) is 6.54 Å². The van der Waals surface area contributed by atoms with Crippen molar-refractivity contribution < 1.29 is 9.53 Å². The summed E-state index contributed by atoms with van der Waals surface area (Å²) in [6.45, 7) is 0.701. The highest BCUT2D eigenvalue weighted by Gasteiger charge is 2.18. The topological polar surface area (TPSA) is 38.3 Å². The monoisotopic (exact) mass is 176 g/mol. The summed E-state index contributed by atoms with van der Waals surface area (Å²) in [5.41, 5.74) is 1.76. The number of benzene rings is 1. The molecule has 1 aliphatic heterocycles. The molecule has 0 saturated carbocycles. The largest absolute Gasteiger partial charge is 0.496 e. The van der Waals surface area contributed by atoms with Crippen molar-refractivity contribution in [1.29, 1.82) is 0 Å². The second kappa shape index (κ2) is 3.09. The van der Waals surface area contributed by atoms with Crippen LogP contribution in [0, 0.1) is 0 Å². The van der Waals surface area contributed by atoms with Gasteiger partial charge in [-0.15, -0.1) is 0 Å². The van der Waals surface area contributed by atoms with Gasteiger partial charge in [-0.3, -0.25) is 4.79 Å². The zero-order valence-electron chi connectivity index (χ0n) is 7.46. The summed E-state index contributed by atoms with van der Waals surface area (Å²) in [5, 5.41) is 2.80. The Balaban J connectivity index is 2.54. The first-order valence-electron chi connectivity index (χ1n) is 4.27. The smallest absolute Gasteiger partial charge is 0.251 e. The minimum Gasteiger partial charge on any atom is -0.496 e. The van der Waals surface area contributed by atoms with E-state index in [-0.39, 0.29) is 5.91 Å². The fourth-order valence-electron chi connectivity index (χ4n) is 1.62. The number of rotatable bonds is 1. The van der Waals surface area contributed by atoms with Gasteiger partial charge in [-0.1, -0.05) is 6.07 Å². The molecule has 1 heterocycles. The number of hydrogen-bond donors (Lipinski definition) is 1. The molecule has 2 rings (SSSR count). The van der Waals surface area contributed by atoms with Crippen molar-refractivity contribution in [3.63, 3.8) is 0 Å². The number of hydrogen-bond acceptors (Lipinski definition) is 2. The standard InChI is InChI=1S/C10H11NO2/c1-13-9-4-2-3-8-7(9)5-6-11-10(8)12/h2-4H,5-6H2,1H3,(H,11,12)/i1-1. The summed E-state index contributed by atoms with van der Waals surface area (Å²) in [6, 6.07) is 5.55. The fraction of sp³-hybridized carbons (Fsp3) is 0.300. The third kappa shape index (κ3) is 1.26. The van der Waals surface area contributed by atoms with E-state index >= 15 is 0 Å². The highest BCUT2D eigenvalue weighted by Crippen LogP contribution is 2.24. The van der Waals surface area contributed by atoms with Gasteiger partial charge < -0.3 is 10.1 Å². The molecule has 13 heavy (non-hydrogen) atoms. The summed E-state index contributed by atoms with van der Waals surface area (Å²) in [7, 11) is 1.63. The summed E-state index contributed by atoms with van der Waals surface area (Å²) in [6.07, 6.45) is 0.852. The molecule has 0 saturated heterocycles. The van der Waals surface area contributed by atoms with Gasteiger partial charge in [0.25, 0.3) is 5.91 Å². The van der Waals surface area contributed by atoms with E-state index in [4.69, 9.17) is 4.74 Å². The Hall–Kier alpha value is -1.51. The quantitative estimate of drug-likeness (QED) is 0.692. The summed E-state index contributed by atoms with van der Waals surface area (Å²) in [5.74, 6) is 0.813. The predicted octanol–water partition coefficient (Wildman–Crippen LogP) is 0.981. The third-order valence-electron chi connectivity index (χ3n) is 2.26. The zero-order chi connectivity index (χ0) is 9.26. The molecular formula is C10H11NO2. The van der Waals surface area contributed by atoms with Crippen LogP contribution in [0.2, 0.25) is 0 Å². The molecule has 1 aliphatic rings. The molecule has 0 radical (unpaired) electrons. The maximum absolute atomic E-state index is 11.4.